The number of aryl methyl sites for hydroxylation is 2. The van der Waals surface area contributed by atoms with Crippen molar-refractivity contribution in [1.82, 2.24) is 19.2 Å². The maximum absolute atomic E-state index is 13.6. The molecule has 20 nitrogen and oxygen atoms in total. The second-order valence-corrected chi connectivity index (χ2v) is 23.8. The molecule has 0 saturated heterocycles. The van der Waals surface area contributed by atoms with Crippen LogP contribution in [0.2, 0.25) is 0 Å². The molecule has 2 heterocycles. The minimum absolute atomic E-state index is 0.0234. The molecule has 22 heteroatoms. The Morgan fingerprint density at radius 1 is 0.512 bits per heavy atom. The molecule has 2 amide bonds. The quantitative estimate of drug-likeness (QED) is 0.0474. The molecule has 82 heavy (non-hydrogen) atoms. The summed E-state index contributed by atoms with van der Waals surface area (Å²) in [5.74, 6) is -6.78. The lowest BCUT2D eigenvalue weighted by atomic mass is 9.85. The summed E-state index contributed by atoms with van der Waals surface area (Å²) in [6.07, 6.45) is -1.49. The van der Waals surface area contributed by atoms with E-state index < -0.39 is 79.8 Å². The highest BCUT2D eigenvalue weighted by molar-refractivity contribution is 7.89. The standard InChI is InChI=1S/2C30H32N2O8S/c1-4-31-29(35)25-14-21(11-12-23(25)30(36)37)24(15-28(33)34)20-10-9-18(2)22(13-20)17-32-16-19(3)40-26-7-5-6-8-27(26)41(32,38)39;1-4-31-29(35)23-12-11-21(14-25(23)30(36)37)24(15-28(33)34)20-10-9-18(2)22(13-20)17-32-16-19(3)40-26-7-5-6-8-27(26)41(32,38)39/h2*5-14,19,24H,4,15-17H2,1-3H3,(H,31,35)(H,33,34)(H,36,37)/t2*19-,24?/m11/s1. The van der Waals surface area contributed by atoms with E-state index >= 15 is 0 Å². The highest BCUT2D eigenvalue weighted by Crippen LogP contribution is 2.37. The van der Waals surface area contributed by atoms with Gasteiger partial charge < -0.3 is 40.5 Å². The topological polar surface area (TPSA) is 301 Å². The number of para-hydroxylation sites is 2. The van der Waals surface area contributed by atoms with Crippen LogP contribution in [0.15, 0.2) is 131 Å². The number of benzene rings is 6. The second-order valence-electron chi connectivity index (χ2n) is 20.0. The van der Waals surface area contributed by atoms with Crippen molar-refractivity contribution in [3.63, 3.8) is 0 Å². The molecule has 6 aromatic carbocycles. The Hall–Kier alpha value is -8.44. The molecular formula is C60H64N4O16S2. The summed E-state index contributed by atoms with van der Waals surface area (Å²) in [7, 11) is -7.78. The molecule has 0 aromatic heterocycles. The van der Waals surface area contributed by atoms with Gasteiger partial charge in [-0.2, -0.15) is 8.61 Å². The summed E-state index contributed by atoms with van der Waals surface area (Å²) in [4.78, 5) is 72.9. The van der Waals surface area contributed by atoms with Crippen LogP contribution < -0.4 is 20.1 Å². The van der Waals surface area contributed by atoms with Crippen molar-refractivity contribution in [2.45, 2.75) is 101 Å². The molecule has 2 unspecified atom stereocenters. The van der Waals surface area contributed by atoms with Crippen molar-refractivity contribution in [3.05, 3.63) is 188 Å². The number of fused-ring (bicyclic) bond motifs is 2. The predicted molar refractivity (Wildman–Crippen MR) is 302 cm³/mol. The fourth-order valence-electron chi connectivity index (χ4n) is 9.94. The van der Waals surface area contributed by atoms with Crippen LogP contribution in [0.25, 0.3) is 0 Å². The number of aliphatic carboxylic acids is 2. The van der Waals surface area contributed by atoms with Crippen LogP contribution >= 0.6 is 0 Å². The van der Waals surface area contributed by atoms with E-state index in [0.717, 1.165) is 11.1 Å². The maximum atomic E-state index is 13.6. The molecule has 4 atom stereocenters. The van der Waals surface area contributed by atoms with Crippen LogP contribution in [0.1, 0.15) is 138 Å². The number of sulfonamides is 2. The van der Waals surface area contributed by atoms with Crippen LogP contribution in [0.4, 0.5) is 0 Å². The number of ether oxygens (including phenoxy) is 2. The van der Waals surface area contributed by atoms with Crippen molar-refractivity contribution >= 4 is 55.7 Å². The lowest BCUT2D eigenvalue weighted by molar-refractivity contribution is -0.138. The third-order valence-electron chi connectivity index (χ3n) is 14.0. The number of nitrogens with one attached hydrogen (secondary N) is 2. The molecule has 0 fully saturated rings. The first kappa shape index (κ1) is 61.2. The Kier molecular flexibility index (Phi) is 19.4. The van der Waals surface area contributed by atoms with E-state index in [1.165, 1.54) is 51.1 Å². The molecule has 0 spiro atoms. The molecule has 8 rings (SSSR count). The normalized spacial score (nSPS) is 17.0. The van der Waals surface area contributed by atoms with E-state index in [1.54, 1.807) is 107 Å². The monoisotopic (exact) mass is 1160 g/mol. The Bertz CT molecular complexity index is 3680. The lowest BCUT2D eigenvalue weighted by Crippen LogP contribution is -2.35. The summed E-state index contributed by atoms with van der Waals surface area (Å²) in [6.45, 7) is 11.6. The molecule has 2 aliphatic heterocycles. The van der Waals surface area contributed by atoms with Gasteiger partial charge in [-0.15, -0.1) is 0 Å². The number of hydrogen-bond donors (Lipinski definition) is 6. The molecule has 2 aliphatic rings. The van der Waals surface area contributed by atoms with Gasteiger partial charge in [-0.25, -0.2) is 26.4 Å². The highest BCUT2D eigenvalue weighted by Gasteiger charge is 2.36. The van der Waals surface area contributed by atoms with Gasteiger partial charge in [0.1, 0.15) is 33.5 Å². The molecule has 0 saturated carbocycles. The summed E-state index contributed by atoms with van der Waals surface area (Å²) in [5.41, 5.74) is 4.48. The predicted octanol–water partition coefficient (Wildman–Crippen LogP) is 8.04. The second kappa shape index (κ2) is 26.0. The number of amides is 2. The number of rotatable bonds is 18. The number of hydrogen-bond acceptors (Lipinski definition) is 12. The Morgan fingerprint density at radius 3 is 1.28 bits per heavy atom. The fraction of sp³-hybridized carbons (Fsp3) is 0.300. The van der Waals surface area contributed by atoms with E-state index in [4.69, 9.17) is 9.47 Å². The van der Waals surface area contributed by atoms with Crippen LogP contribution in [-0.4, -0.2) is 120 Å². The maximum Gasteiger partial charge on any atom is 0.336 e. The van der Waals surface area contributed by atoms with Gasteiger partial charge in [-0.05, 0) is 135 Å². The molecule has 6 N–H and O–H groups in total. The molecule has 0 radical (unpaired) electrons. The van der Waals surface area contributed by atoms with Crippen LogP contribution in [-0.2, 0) is 42.7 Å². The van der Waals surface area contributed by atoms with Crippen molar-refractivity contribution in [1.29, 1.82) is 0 Å². The molecule has 0 aliphatic carbocycles. The Morgan fingerprint density at radius 2 is 0.878 bits per heavy atom. The number of carbonyl (C=O) groups excluding carboxylic acids is 2. The molecule has 432 valence electrons. The number of carboxylic acids is 4. The molecular weight excluding hydrogens is 1100 g/mol. The SMILES string of the molecule is CCNC(=O)c1cc(C(CC(=O)O)c2ccc(C)c(CN3C[C@@H](C)Oc4ccccc4S3(=O)=O)c2)ccc1C(=O)O.CCNC(=O)c1ccc(C(CC(=O)O)c2ccc(C)c(CN3C[C@@H](C)Oc4ccccc4S3(=O)=O)c2)cc1C(=O)O. The van der Waals surface area contributed by atoms with Crippen LogP contribution in [0.3, 0.4) is 0 Å². The zero-order chi connectivity index (χ0) is 59.8. The third-order valence-corrected chi connectivity index (χ3v) is 17.7. The van der Waals surface area contributed by atoms with Crippen molar-refractivity contribution in [3.8, 4) is 11.5 Å². The summed E-state index contributed by atoms with van der Waals surface area (Å²) in [5, 5.41) is 44.1. The zero-order valence-electron chi connectivity index (χ0n) is 45.9. The summed E-state index contributed by atoms with van der Waals surface area (Å²) >= 11 is 0. The van der Waals surface area contributed by atoms with Crippen LogP contribution in [0.5, 0.6) is 11.5 Å². The number of carboxylic acid groups (broad SMARTS) is 4. The first-order valence-corrected chi connectivity index (χ1v) is 29.2. The summed E-state index contributed by atoms with van der Waals surface area (Å²) in [6, 6.07) is 32.1. The van der Waals surface area contributed by atoms with Crippen molar-refractivity contribution in [2.24, 2.45) is 0 Å². The highest BCUT2D eigenvalue weighted by atomic mass is 32.2. The van der Waals surface area contributed by atoms with Crippen molar-refractivity contribution < 1.29 is 75.5 Å². The van der Waals surface area contributed by atoms with E-state index in [9.17, 15) is 66.0 Å². The van der Waals surface area contributed by atoms with E-state index in [2.05, 4.69) is 10.6 Å². The van der Waals surface area contributed by atoms with Crippen molar-refractivity contribution in [2.75, 3.05) is 26.2 Å². The number of nitrogens with zero attached hydrogens (tertiary/aromatic N) is 2. The summed E-state index contributed by atoms with van der Waals surface area (Å²) < 4.78 is 68.8. The molecule has 0 bridgehead atoms. The van der Waals surface area contributed by atoms with E-state index in [1.807, 2.05) is 13.8 Å². The van der Waals surface area contributed by atoms with Gasteiger partial charge in [0.2, 0.25) is 20.0 Å². The third kappa shape index (κ3) is 14.0. The van der Waals surface area contributed by atoms with Crippen LogP contribution in [0, 0.1) is 13.8 Å². The first-order valence-electron chi connectivity index (χ1n) is 26.3. The van der Waals surface area contributed by atoms with Gasteiger partial charge in [0.15, 0.2) is 0 Å². The number of aromatic carboxylic acids is 2. The molecule has 6 aromatic rings. The smallest absolute Gasteiger partial charge is 0.336 e. The minimum Gasteiger partial charge on any atom is -0.488 e. The van der Waals surface area contributed by atoms with Gasteiger partial charge in [0, 0.05) is 38.0 Å². The Labute approximate surface area is 475 Å². The van der Waals surface area contributed by atoms with Gasteiger partial charge in [0.05, 0.1) is 48.2 Å². The van der Waals surface area contributed by atoms with Gasteiger partial charge in [-0.1, -0.05) is 72.8 Å². The fourth-order valence-corrected chi connectivity index (χ4v) is 13.2. The van der Waals surface area contributed by atoms with Gasteiger partial charge in [0.25, 0.3) is 11.8 Å². The van der Waals surface area contributed by atoms with E-state index in [-0.39, 0.29) is 77.6 Å². The zero-order valence-corrected chi connectivity index (χ0v) is 47.5. The minimum atomic E-state index is -3.89. The average molecular weight is 1160 g/mol. The largest absolute Gasteiger partial charge is 0.488 e. The van der Waals surface area contributed by atoms with Gasteiger partial charge in [-0.3, -0.25) is 19.2 Å². The average Bonchev–Trinajstić information content (AvgIpc) is 3.86. The number of carbonyl (C=O) groups is 6. The Balaban J connectivity index is 0.000000236. The van der Waals surface area contributed by atoms with E-state index in [0.29, 0.717) is 51.4 Å². The van der Waals surface area contributed by atoms with Gasteiger partial charge >= 0.3 is 23.9 Å². The first-order chi connectivity index (χ1) is 38.8. The lowest BCUT2D eigenvalue weighted by Gasteiger charge is -2.24.